The highest BCUT2D eigenvalue weighted by Gasteiger charge is 2.36. The van der Waals surface area contributed by atoms with E-state index in [0.717, 1.165) is 70.0 Å². The number of benzene rings is 2. The van der Waals surface area contributed by atoms with Gasteiger partial charge < -0.3 is 24.0 Å². The Kier molecular flexibility index (Phi) is 10.7. The summed E-state index contributed by atoms with van der Waals surface area (Å²) >= 11 is 0. The van der Waals surface area contributed by atoms with Crippen molar-refractivity contribution in [2.75, 3.05) is 33.9 Å². The van der Waals surface area contributed by atoms with Crippen LogP contribution in [0.3, 0.4) is 0 Å². The van der Waals surface area contributed by atoms with Gasteiger partial charge in [-0.3, -0.25) is 14.5 Å². The van der Waals surface area contributed by atoms with E-state index in [9.17, 15) is 14.7 Å². The Balaban J connectivity index is 1.30. The molecular weight excluding hydrogens is 626 g/mol. The lowest BCUT2D eigenvalue weighted by Gasteiger charge is -2.40. The number of aryl methyl sites for hydroxylation is 1. The van der Waals surface area contributed by atoms with Gasteiger partial charge in [-0.2, -0.15) is 0 Å². The Morgan fingerprint density at radius 1 is 1.08 bits per heavy atom. The molecule has 1 atom stereocenters. The van der Waals surface area contributed by atoms with Gasteiger partial charge in [-0.15, -0.1) is 6.42 Å². The third-order valence-electron chi connectivity index (χ3n) is 10.6. The first-order valence-corrected chi connectivity index (χ1v) is 17.6. The molecule has 266 valence electrons. The number of piperidine rings is 1. The number of ether oxygens (including phenoxy) is 2. The number of pyridine rings is 1. The van der Waals surface area contributed by atoms with Gasteiger partial charge in [0, 0.05) is 57.0 Å². The summed E-state index contributed by atoms with van der Waals surface area (Å²) in [7, 11) is 5.11. The number of aliphatic hydroxyl groups is 1. The van der Waals surface area contributed by atoms with Crippen LogP contribution in [0.15, 0.2) is 53.0 Å². The van der Waals surface area contributed by atoms with Crippen LogP contribution < -0.4 is 15.0 Å². The van der Waals surface area contributed by atoms with E-state index in [1.807, 2.05) is 70.0 Å². The van der Waals surface area contributed by atoms with Crippen LogP contribution in [0.4, 0.5) is 0 Å². The van der Waals surface area contributed by atoms with Crippen LogP contribution in [-0.2, 0) is 31.2 Å². The van der Waals surface area contributed by atoms with Gasteiger partial charge in [-0.1, -0.05) is 51.0 Å². The normalized spacial score (nSPS) is 18.0. The number of terminal acetylenes is 1. The van der Waals surface area contributed by atoms with Gasteiger partial charge in [0.2, 0.25) is 0 Å². The van der Waals surface area contributed by atoms with E-state index >= 15 is 0 Å². The predicted molar refractivity (Wildman–Crippen MR) is 200 cm³/mol. The van der Waals surface area contributed by atoms with Crippen molar-refractivity contribution in [2.45, 2.75) is 85.4 Å². The first-order valence-electron chi connectivity index (χ1n) is 17.6. The van der Waals surface area contributed by atoms with Gasteiger partial charge in [0.05, 0.1) is 37.0 Å². The van der Waals surface area contributed by atoms with Gasteiger partial charge in [0.25, 0.3) is 11.5 Å². The summed E-state index contributed by atoms with van der Waals surface area (Å²) in [6, 6.07) is 10.2. The summed E-state index contributed by atoms with van der Waals surface area (Å²) < 4.78 is 13.4. The maximum absolute atomic E-state index is 13.5. The molecule has 8 heteroatoms. The molecule has 1 fully saturated rings. The summed E-state index contributed by atoms with van der Waals surface area (Å²) in [6.45, 7) is 14.7. The van der Waals surface area contributed by atoms with Crippen LogP contribution in [0.5, 0.6) is 11.5 Å². The average Bonchev–Trinajstić information content (AvgIpc) is 3.08. The molecule has 3 heterocycles. The Labute approximate surface area is 297 Å². The zero-order valence-electron chi connectivity index (χ0n) is 31.3. The number of allylic oxidation sites excluding steroid dienone is 1. The minimum atomic E-state index is -0.829. The number of carbonyl (C=O) groups excluding carboxylic acids is 1. The average molecular weight is 680 g/mol. The Hall–Kier alpha value is -4.32. The molecule has 8 nitrogen and oxygen atoms in total. The summed E-state index contributed by atoms with van der Waals surface area (Å²) in [5, 5.41) is 11.9. The molecule has 0 spiro atoms. The number of aromatic nitrogens is 1. The topological polar surface area (TPSA) is 84.2 Å². The molecule has 3 aromatic rings. The summed E-state index contributed by atoms with van der Waals surface area (Å²) in [6.07, 6.45) is 12.1. The molecule has 50 heavy (non-hydrogen) atoms. The second-order valence-corrected chi connectivity index (χ2v) is 15.2. The fraction of sp³-hybridized carbons (Fsp3) is 0.476. The first kappa shape index (κ1) is 36.9. The lowest BCUT2D eigenvalue weighted by molar-refractivity contribution is -0.129. The van der Waals surface area contributed by atoms with Gasteiger partial charge in [0.1, 0.15) is 11.5 Å². The molecule has 1 amide bonds. The number of hydrogen-bond donors (Lipinski definition) is 1. The molecule has 0 bridgehead atoms. The molecule has 2 aliphatic rings. The Morgan fingerprint density at radius 2 is 1.72 bits per heavy atom. The van der Waals surface area contributed by atoms with Crippen molar-refractivity contribution in [3.05, 3.63) is 91.9 Å². The third-order valence-corrected chi connectivity index (χ3v) is 10.6. The monoisotopic (exact) mass is 679 g/mol. The van der Waals surface area contributed by atoms with Crippen molar-refractivity contribution in [2.24, 2.45) is 12.5 Å². The van der Waals surface area contributed by atoms with E-state index in [-0.39, 0.29) is 22.9 Å². The largest absolute Gasteiger partial charge is 0.496 e. The minimum absolute atomic E-state index is 0.00406. The SMILES string of the molecule is C#C/C(=C\C(C)(C)C)C(=O)N1CCc2c(CC3(O)CCN(Cc4c(OC)cc(-c5cn(C)c(=O)c(C)c5C)cc4OC)CC3)cccc2C1C. The van der Waals surface area contributed by atoms with Gasteiger partial charge in [0.15, 0.2) is 0 Å². The fourth-order valence-corrected chi connectivity index (χ4v) is 7.59. The minimum Gasteiger partial charge on any atom is -0.496 e. The van der Waals surface area contributed by atoms with Crippen molar-refractivity contribution in [3.8, 4) is 35.0 Å². The Bertz CT molecular complexity index is 1870. The number of rotatable bonds is 8. The Morgan fingerprint density at radius 3 is 2.30 bits per heavy atom. The first-order chi connectivity index (χ1) is 23.6. The maximum Gasteiger partial charge on any atom is 0.262 e. The van der Waals surface area contributed by atoms with Crippen LogP contribution in [0.1, 0.15) is 80.0 Å². The molecule has 0 radical (unpaired) electrons. The number of methoxy groups -OCH3 is 2. The number of fused-ring (bicyclic) bond motifs is 1. The van der Waals surface area contributed by atoms with E-state index in [0.29, 0.717) is 37.9 Å². The van der Waals surface area contributed by atoms with Crippen LogP contribution in [-0.4, -0.2) is 64.8 Å². The van der Waals surface area contributed by atoms with E-state index in [4.69, 9.17) is 15.9 Å². The number of likely N-dealkylation sites (tertiary alicyclic amines) is 1. The zero-order valence-corrected chi connectivity index (χ0v) is 31.3. The van der Waals surface area contributed by atoms with Crippen LogP contribution >= 0.6 is 0 Å². The molecule has 0 saturated carbocycles. The highest BCUT2D eigenvalue weighted by atomic mass is 16.5. The molecule has 1 saturated heterocycles. The molecule has 2 aromatic carbocycles. The zero-order chi connectivity index (χ0) is 36.5. The number of hydrogen-bond acceptors (Lipinski definition) is 6. The maximum atomic E-state index is 13.5. The molecule has 1 N–H and O–H groups in total. The number of carbonyl (C=O) groups is 1. The molecule has 1 unspecified atom stereocenters. The molecule has 5 rings (SSSR count). The second-order valence-electron chi connectivity index (χ2n) is 15.2. The van der Waals surface area contributed by atoms with Crippen LogP contribution in [0, 0.1) is 31.6 Å². The van der Waals surface area contributed by atoms with Crippen molar-refractivity contribution < 1.29 is 19.4 Å². The molecule has 0 aliphatic carbocycles. The highest BCUT2D eigenvalue weighted by Crippen LogP contribution is 2.39. The smallest absolute Gasteiger partial charge is 0.262 e. The molecule has 2 aliphatic heterocycles. The van der Waals surface area contributed by atoms with Crippen molar-refractivity contribution in [3.63, 3.8) is 0 Å². The van der Waals surface area contributed by atoms with Crippen LogP contribution in [0.2, 0.25) is 0 Å². The van der Waals surface area contributed by atoms with Gasteiger partial charge in [-0.25, -0.2) is 0 Å². The standard InChI is InChI=1S/C42H53N3O5/c1-11-30(23-41(5,6)7)40(47)45-18-15-34-31(13-12-14-33(34)29(45)4)24-42(48)16-19-44(20-17-42)26-36-37(49-9)21-32(22-38(36)50-10)35-25-43(8)39(46)28(3)27(35)2/h1,12-14,21-23,25,29,48H,15-20,24,26H2,2-10H3/b30-23+. The van der Waals surface area contributed by atoms with E-state index < -0.39 is 5.60 Å². The third kappa shape index (κ3) is 7.55. The number of amides is 1. The highest BCUT2D eigenvalue weighted by molar-refractivity contribution is 5.98. The van der Waals surface area contributed by atoms with E-state index in [1.165, 1.54) is 5.56 Å². The van der Waals surface area contributed by atoms with Crippen molar-refractivity contribution in [1.29, 1.82) is 0 Å². The van der Waals surface area contributed by atoms with E-state index in [1.54, 1.807) is 25.8 Å². The second kappa shape index (κ2) is 14.5. The van der Waals surface area contributed by atoms with Crippen LogP contribution in [0.25, 0.3) is 11.1 Å². The molecular formula is C42H53N3O5. The summed E-state index contributed by atoms with van der Waals surface area (Å²) in [5.41, 5.74) is 7.40. The van der Waals surface area contributed by atoms with Crippen molar-refractivity contribution >= 4 is 5.91 Å². The molecule has 1 aromatic heterocycles. The quantitative estimate of drug-likeness (QED) is 0.222. The van der Waals surface area contributed by atoms with Gasteiger partial charge in [-0.05, 0) is 85.4 Å². The van der Waals surface area contributed by atoms with E-state index in [2.05, 4.69) is 29.9 Å². The predicted octanol–water partition coefficient (Wildman–Crippen LogP) is 6.31. The lowest BCUT2D eigenvalue weighted by Crippen LogP contribution is -2.46. The number of nitrogens with zero attached hydrogens (tertiary/aromatic N) is 3. The van der Waals surface area contributed by atoms with Crippen molar-refractivity contribution in [1.82, 2.24) is 14.4 Å². The summed E-state index contributed by atoms with van der Waals surface area (Å²) in [5.74, 6) is 3.98. The summed E-state index contributed by atoms with van der Waals surface area (Å²) in [4.78, 5) is 30.2. The fourth-order valence-electron chi connectivity index (χ4n) is 7.59. The lowest BCUT2D eigenvalue weighted by atomic mass is 9.80. The van der Waals surface area contributed by atoms with Gasteiger partial charge >= 0.3 is 0 Å².